The van der Waals surface area contributed by atoms with Gasteiger partial charge in [-0.15, -0.1) is 0 Å². The molecule has 2 heterocycles. The summed E-state index contributed by atoms with van der Waals surface area (Å²) in [5.41, 5.74) is 0. The number of halogens is 1. The maximum absolute atomic E-state index is 11.6. The highest BCUT2D eigenvalue weighted by Crippen LogP contribution is 2.32. The molecular formula is C13H18ClN3O4. The number of carbonyl (C=O) groups excluding carboxylic acids is 1. The van der Waals surface area contributed by atoms with Crippen molar-refractivity contribution in [1.29, 1.82) is 0 Å². The van der Waals surface area contributed by atoms with Gasteiger partial charge in [-0.1, -0.05) is 11.6 Å². The Morgan fingerprint density at radius 2 is 2.14 bits per heavy atom. The number of amides is 1. The zero-order valence-electron chi connectivity index (χ0n) is 12.0. The Morgan fingerprint density at radius 1 is 1.43 bits per heavy atom. The number of likely N-dealkylation sites (tertiary alicyclic amines) is 1. The van der Waals surface area contributed by atoms with Gasteiger partial charge in [-0.3, -0.25) is 0 Å². The first-order valence-electron chi connectivity index (χ1n) is 6.78. The van der Waals surface area contributed by atoms with Crippen LogP contribution in [-0.4, -0.2) is 53.9 Å². The number of hydrogen-bond acceptors (Lipinski definition) is 6. The third-order valence-electron chi connectivity index (χ3n) is 3.18. The van der Waals surface area contributed by atoms with E-state index >= 15 is 0 Å². The van der Waals surface area contributed by atoms with Crippen LogP contribution in [-0.2, 0) is 4.74 Å². The maximum Gasteiger partial charge on any atom is 0.409 e. The molecule has 1 aliphatic heterocycles. The van der Waals surface area contributed by atoms with Gasteiger partial charge in [0, 0.05) is 25.9 Å². The Bertz CT molecular complexity index is 492. The molecule has 0 N–H and O–H groups in total. The molecule has 0 atom stereocenters. The second-order valence-electron chi connectivity index (χ2n) is 4.51. The van der Waals surface area contributed by atoms with E-state index in [1.807, 2.05) is 0 Å². The Morgan fingerprint density at radius 3 is 2.76 bits per heavy atom. The zero-order chi connectivity index (χ0) is 15.2. The van der Waals surface area contributed by atoms with Crippen LogP contribution in [0.2, 0.25) is 5.15 Å². The van der Waals surface area contributed by atoms with Crippen molar-refractivity contribution in [3.8, 4) is 11.6 Å². The highest BCUT2D eigenvalue weighted by molar-refractivity contribution is 6.31. The SMILES string of the molecule is CCOC(=O)N1CCC(Oc2ncnc(Cl)c2OC)CC1. The van der Waals surface area contributed by atoms with Crippen LogP contribution in [0, 0.1) is 0 Å². The molecule has 1 aromatic rings. The lowest BCUT2D eigenvalue weighted by Gasteiger charge is -2.31. The molecule has 8 heteroatoms. The average molecular weight is 316 g/mol. The van der Waals surface area contributed by atoms with Gasteiger partial charge < -0.3 is 19.1 Å². The number of hydrogen-bond donors (Lipinski definition) is 0. The van der Waals surface area contributed by atoms with Crippen LogP contribution in [0.15, 0.2) is 6.33 Å². The van der Waals surface area contributed by atoms with E-state index in [1.165, 1.54) is 13.4 Å². The van der Waals surface area contributed by atoms with Gasteiger partial charge in [0.05, 0.1) is 13.7 Å². The lowest BCUT2D eigenvalue weighted by Crippen LogP contribution is -2.42. The van der Waals surface area contributed by atoms with Crippen molar-refractivity contribution >= 4 is 17.7 Å². The summed E-state index contributed by atoms with van der Waals surface area (Å²) in [6.45, 7) is 3.35. The number of ether oxygens (including phenoxy) is 3. The van der Waals surface area contributed by atoms with Crippen LogP contribution in [0.4, 0.5) is 4.79 Å². The summed E-state index contributed by atoms with van der Waals surface area (Å²) in [6.07, 6.45) is 2.40. The van der Waals surface area contributed by atoms with Crippen LogP contribution < -0.4 is 9.47 Å². The standard InChI is InChI=1S/C13H18ClN3O4/c1-3-20-13(18)17-6-4-9(5-7-17)21-12-10(19-2)11(14)15-8-16-12/h8-9H,3-7H2,1-2H3. The predicted molar refractivity (Wildman–Crippen MR) is 75.8 cm³/mol. The zero-order valence-corrected chi connectivity index (χ0v) is 12.8. The largest absolute Gasteiger partial charge is 0.489 e. The van der Waals surface area contributed by atoms with Crippen molar-refractivity contribution in [2.24, 2.45) is 0 Å². The second kappa shape index (κ2) is 7.31. The minimum absolute atomic E-state index is 0.0458. The summed E-state index contributed by atoms with van der Waals surface area (Å²) in [5, 5.41) is 0.214. The predicted octanol–water partition coefficient (Wildman–Crippen LogP) is 2.14. The summed E-state index contributed by atoms with van der Waals surface area (Å²) >= 11 is 5.92. The fourth-order valence-electron chi connectivity index (χ4n) is 2.12. The number of nitrogens with zero attached hydrogens (tertiary/aromatic N) is 3. The van der Waals surface area contributed by atoms with Gasteiger partial charge in [0.2, 0.25) is 5.75 Å². The number of aromatic nitrogens is 2. The summed E-state index contributed by atoms with van der Waals surface area (Å²) < 4.78 is 15.9. The monoisotopic (exact) mass is 315 g/mol. The van der Waals surface area contributed by atoms with E-state index in [0.717, 1.165) is 0 Å². The fourth-order valence-corrected chi connectivity index (χ4v) is 2.32. The summed E-state index contributed by atoms with van der Waals surface area (Å²) in [5.74, 6) is 0.652. The Balaban J connectivity index is 1.92. The molecule has 7 nitrogen and oxygen atoms in total. The van der Waals surface area contributed by atoms with Crippen LogP contribution in [0.5, 0.6) is 11.6 Å². The molecule has 0 unspecified atom stereocenters. The minimum Gasteiger partial charge on any atom is -0.489 e. The first-order valence-corrected chi connectivity index (χ1v) is 7.16. The third kappa shape index (κ3) is 3.87. The average Bonchev–Trinajstić information content (AvgIpc) is 2.48. The van der Waals surface area contributed by atoms with Crippen molar-refractivity contribution in [2.75, 3.05) is 26.8 Å². The molecule has 0 aromatic carbocycles. The topological polar surface area (TPSA) is 73.8 Å². The summed E-state index contributed by atoms with van der Waals surface area (Å²) in [7, 11) is 1.49. The van der Waals surface area contributed by atoms with Crippen molar-refractivity contribution in [2.45, 2.75) is 25.9 Å². The molecular weight excluding hydrogens is 298 g/mol. The van der Waals surface area contributed by atoms with E-state index in [0.29, 0.717) is 44.2 Å². The number of piperidine rings is 1. The smallest absolute Gasteiger partial charge is 0.409 e. The van der Waals surface area contributed by atoms with E-state index in [1.54, 1.807) is 11.8 Å². The minimum atomic E-state index is -0.279. The molecule has 116 valence electrons. The van der Waals surface area contributed by atoms with E-state index in [9.17, 15) is 4.79 Å². The summed E-state index contributed by atoms with van der Waals surface area (Å²) in [6, 6.07) is 0. The molecule has 0 saturated carbocycles. The highest BCUT2D eigenvalue weighted by atomic mass is 35.5. The summed E-state index contributed by atoms with van der Waals surface area (Å²) in [4.78, 5) is 21.2. The van der Waals surface area contributed by atoms with Gasteiger partial charge >= 0.3 is 6.09 Å². The van der Waals surface area contributed by atoms with Crippen molar-refractivity contribution in [3.05, 3.63) is 11.5 Å². The molecule has 21 heavy (non-hydrogen) atoms. The molecule has 1 saturated heterocycles. The van der Waals surface area contributed by atoms with Crippen molar-refractivity contribution < 1.29 is 19.0 Å². The maximum atomic E-state index is 11.6. The molecule has 1 aromatic heterocycles. The first-order chi connectivity index (χ1) is 10.2. The van der Waals surface area contributed by atoms with Crippen molar-refractivity contribution in [3.63, 3.8) is 0 Å². The first kappa shape index (κ1) is 15.6. The molecule has 0 radical (unpaired) electrons. The van der Waals surface area contributed by atoms with E-state index < -0.39 is 0 Å². The highest BCUT2D eigenvalue weighted by Gasteiger charge is 2.26. The Kier molecular flexibility index (Phi) is 5.44. The quantitative estimate of drug-likeness (QED) is 0.793. The van der Waals surface area contributed by atoms with Crippen molar-refractivity contribution in [1.82, 2.24) is 14.9 Å². The number of methoxy groups -OCH3 is 1. The molecule has 0 bridgehead atoms. The number of carbonyl (C=O) groups is 1. The second-order valence-corrected chi connectivity index (χ2v) is 4.86. The molecule has 0 spiro atoms. The van der Waals surface area contributed by atoms with Gasteiger partial charge in [0.25, 0.3) is 5.88 Å². The molecule has 1 aliphatic rings. The van der Waals surface area contributed by atoms with Gasteiger partial charge in [0.15, 0.2) is 5.15 Å². The third-order valence-corrected chi connectivity index (χ3v) is 3.45. The Labute approximate surface area is 128 Å². The Hall–Kier alpha value is -1.76. The van der Waals surface area contributed by atoms with Gasteiger partial charge in [0.1, 0.15) is 12.4 Å². The van der Waals surface area contributed by atoms with Crippen LogP contribution in [0.3, 0.4) is 0 Å². The van der Waals surface area contributed by atoms with Gasteiger partial charge in [-0.2, -0.15) is 4.98 Å². The fraction of sp³-hybridized carbons (Fsp3) is 0.615. The normalized spacial score (nSPS) is 15.7. The van der Waals surface area contributed by atoms with Gasteiger partial charge in [-0.05, 0) is 6.92 Å². The molecule has 0 aliphatic carbocycles. The molecule has 1 fully saturated rings. The molecule has 1 amide bonds. The van der Waals surface area contributed by atoms with Crippen LogP contribution >= 0.6 is 11.6 Å². The lowest BCUT2D eigenvalue weighted by atomic mass is 10.1. The van der Waals surface area contributed by atoms with E-state index in [2.05, 4.69) is 9.97 Å². The molecule has 2 rings (SSSR count). The van der Waals surface area contributed by atoms with E-state index in [-0.39, 0.29) is 17.4 Å². The van der Waals surface area contributed by atoms with Crippen LogP contribution in [0.25, 0.3) is 0 Å². The van der Waals surface area contributed by atoms with Crippen LogP contribution in [0.1, 0.15) is 19.8 Å². The van der Waals surface area contributed by atoms with E-state index in [4.69, 9.17) is 25.8 Å². The number of rotatable bonds is 4. The lowest BCUT2D eigenvalue weighted by molar-refractivity contribution is 0.0676. The van der Waals surface area contributed by atoms with Gasteiger partial charge in [-0.25, -0.2) is 9.78 Å².